The van der Waals surface area contributed by atoms with Gasteiger partial charge in [0.05, 0.1) is 12.7 Å². The number of carbonyl (C=O) groups excluding carboxylic acids is 1. The van der Waals surface area contributed by atoms with E-state index in [1.165, 1.54) is 0 Å². The molecule has 0 heterocycles. The Kier molecular flexibility index (Phi) is 8.04. The molecule has 0 bridgehead atoms. The van der Waals surface area contributed by atoms with E-state index >= 15 is 0 Å². The standard InChI is InChI=1S/C10H22N2O3/c1-8(2)7-15-5-4-11-10(14)12-6-9(3)13/h8-9,13H,4-7H2,1-3H3,(H2,11,12,14)/t9-/m1/s1. The Balaban J connectivity index is 3.24. The number of urea groups is 1. The fourth-order valence-corrected chi connectivity index (χ4v) is 0.859. The molecular weight excluding hydrogens is 196 g/mol. The summed E-state index contributed by atoms with van der Waals surface area (Å²) < 4.78 is 5.28. The SMILES string of the molecule is CC(C)COCCNC(=O)NC[C@@H](C)O. The molecule has 3 N–H and O–H groups in total. The third kappa shape index (κ3) is 11.1. The summed E-state index contributed by atoms with van der Waals surface area (Å²) in [5.41, 5.74) is 0. The molecule has 5 heteroatoms. The van der Waals surface area contributed by atoms with Gasteiger partial charge in [0.1, 0.15) is 0 Å². The van der Waals surface area contributed by atoms with Crippen molar-refractivity contribution in [2.24, 2.45) is 5.92 Å². The highest BCUT2D eigenvalue weighted by Crippen LogP contribution is 1.90. The number of aliphatic hydroxyl groups is 1. The molecule has 0 radical (unpaired) electrons. The van der Waals surface area contributed by atoms with Crippen LogP contribution in [0.3, 0.4) is 0 Å². The predicted octanol–water partition coefficient (Wildman–Crippen LogP) is 0.339. The van der Waals surface area contributed by atoms with Crippen LogP contribution < -0.4 is 10.6 Å². The molecule has 0 aromatic carbocycles. The monoisotopic (exact) mass is 218 g/mol. The summed E-state index contributed by atoms with van der Waals surface area (Å²) in [4.78, 5) is 11.1. The van der Waals surface area contributed by atoms with Gasteiger partial charge in [-0.05, 0) is 12.8 Å². The van der Waals surface area contributed by atoms with Crippen molar-refractivity contribution in [3.05, 3.63) is 0 Å². The molecule has 0 aliphatic carbocycles. The Morgan fingerprint density at radius 3 is 2.53 bits per heavy atom. The molecule has 0 saturated heterocycles. The number of nitrogens with one attached hydrogen (secondary N) is 2. The Hall–Kier alpha value is -0.810. The zero-order valence-corrected chi connectivity index (χ0v) is 9.75. The maximum atomic E-state index is 11.1. The number of aliphatic hydroxyl groups excluding tert-OH is 1. The highest BCUT2D eigenvalue weighted by molar-refractivity contribution is 5.73. The van der Waals surface area contributed by atoms with Crippen LogP contribution in [0.2, 0.25) is 0 Å². The first-order chi connectivity index (χ1) is 7.02. The first-order valence-corrected chi connectivity index (χ1v) is 5.30. The number of carbonyl (C=O) groups is 1. The summed E-state index contributed by atoms with van der Waals surface area (Å²) in [6, 6.07) is -0.274. The molecule has 0 fully saturated rings. The average Bonchev–Trinajstić information content (AvgIpc) is 2.13. The fraction of sp³-hybridized carbons (Fsp3) is 0.900. The number of amides is 2. The molecule has 90 valence electrons. The molecule has 0 aromatic heterocycles. The lowest BCUT2D eigenvalue weighted by molar-refractivity contribution is 0.112. The zero-order chi connectivity index (χ0) is 11.7. The minimum absolute atomic E-state index is 0.263. The van der Waals surface area contributed by atoms with Gasteiger partial charge in [0.15, 0.2) is 0 Å². The van der Waals surface area contributed by atoms with Crippen molar-refractivity contribution in [3.8, 4) is 0 Å². The van der Waals surface area contributed by atoms with Crippen LogP contribution in [0.25, 0.3) is 0 Å². The Morgan fingerprint density at radius 2 is 2.00 bits per heavy atom. The van der Waals surface area contributed by atoms with E-state index < -0.39 is 6.10 Å². The summed E-state index contributed by atoms with van der Waals surface area (Å²) >= 11 is 0. The highest BCUT2D eigenvalue weighted by Gasteiger charge is 2.01. The van der Waals surface area contributed by atoms with E-state index in [0.29, 0.717) is 25.7 Å². The van der Waals surface area contributed by atoms with E-state index in [0.717, 1.165) is 0 Å². The molecule has 0 unspecified atom stereocenters. The summed E-state index contributed by atoms with van der Waals surface area (Å²) in [5, 5.41) is 14.1. The second-order valence-electron chi connectivity index (χ2n) is 3.95. The second kappa shape index (κ2) is 8.49. The van der Waals surface area contributed by atoms with Gasteiger partial charge < -0.3 is 20.5 Å². The van der Waals surface area contributed by atoms with Crippen molar-refractivity contribution >= 4 is 6.03 Å². The van der Waals surface area contributed by atoms with Crippen molar-refractivity contribution in [2.45, 2.75) is 26.9 Å². The molecule has 0 aliphatic rings. The van der Waals surface area contributed by atoms with Gasteiger partial charge in [0.25, 0.3) is 0 Å². The molecule has 1 atom stereocenters. The van der Waals surface area contributed by atoms with Crippen LogP contribution >= 0.6 is 0 Å². The second-order valence-corrected chi connectivity index (χ2v) is 3.95. The minimum Gasteiger partial charge on any atom is -0.392 e. The van der Waals surface area contributed by atoms with Crippen molar-refractivity contribution < 1.29 is 14.6 Å². The number of hydrogen-bond acceptors (Lipinski definition) is 3. The number of hydrogen-bond donors (Lipinski definition) is 3. The van der Waals surface area contributed by atoms with Crippen molar-refractivity contribution in [2.75, 3.05) is 26.3 Å². The molecule has 5 nitrogen and oxygen atoms in total. The van der Waals surface area contributed by atoms with Gasteiger partial charge in [-0.3, -0.25) is 0 Å². The van der Waals surface area contributed by atoms with E-state index in [9.17, 15) is 4.79 Å². The van der Waals surface area contributed by atoms with Crippen LogP contribution in [0.5, 0.6) is 0 Å². The Labute approximate surface area is 91.2 Å². The largest absolute Gasteiger partial charge is 0.392 e. The molecule has 0 aromatic rings. The fourth-order valence-electron chi connectivity index (χ4n) is 0.859. The van der Waals surface area contributed by atoms with E-state index in [-0.39, 0.29) is 12.6 Å². The normalized spacial score (nSPS) is 12.6. The quantitative estimate of drug-likeness (QED) is 0.540. The lowest BCUT2D eigenvalue weighted by Crippen LogP contribution is -2.40. The molecule has 0 saturated carbocycles. The van der Waals surface area contributed by atoms with Gasteiger partial charge >= 0.3 is 6.03 Å². The average molecular weight is 218 g/mol. The van der Waals surface area contributed by atoms with Gasteiger partial charge in [-0.25, -0.2) is 4.79 Å². The van der Waals surface area contributed by atoms with Gasteiger partial charge in [-0.2, -0.15) is 0 Å². The van der Waals surface area contributed by atoms with Gasteiger partial charge in [0.2, 0.25) is 0 Å². The van der Waals surface area contributed by atoms with Crippen LogP contribution in [0.1, 0.15) is 20.8 Å². The molecule has 0 rings (SSSR count). The van der Waals surface area contributed by atoms with E-state index in [1.54, 1.807) is 6.92 Å². The van der Waals surface area contributed by atoms with Gasteiger partial charge in [-0.1, -0.05) is 13.8 Å². The molecule has 15 heavy (non-hydrogen) atoms. The van der Waals surface area contributed by atoms with Crippen molar-refractivity contribution in [3.63, 3.8) is 0 Å². The third-order valence-corrected chi connectivity index (χ3v) is 1.54. The summed E-state index contributed by atoms with van der Waals surface area (Å²) in [7, 11) is 0. The first kappa shape index (κ1) is 14.2. The summed E-state index contributed by atoms with van der Waals surface area (Å²) in [6.45, 7) is 7.73. The van der Waals surface area contributed by atoms with Gasteiger partial charge in [0, 0.05) is 19.7 Å². The van der Waals surface area contributed by atoms with Crippen LogP contribution in [0, 0.1) is 5.92 Å². The van der Waals surface area contributed by atoms with Crippen molar-refractivity contribution in [1.29, 1.82) is 0 Å². The van der Waals surface area contributed by atoms with E-state index in [2.05, 4.69) is 24.5 Å². The third-order valence-electron chi connectivity index (χ3n) is 1.54. The van der Waals surface area contributed by atoms with E-state index in [1.807, 2.05) is 0 Å². The Morgan fingerprint density at radius 1 is 1.33 bits per heavy atom. The molecular formula is C10H22N2O3. The number of ether oxygens (including phenoxy) is 1. The zero-order valence-electron chi connectivity index (χ0n) is 9.75. The molecule has 0 spiro atoms. The van der Waals surface area contributed by atoms with Crippen LogP contribution in [-0.2, 0) is 4.74 Å². The van der Waals surface area contributed by atoms with Crippen LogP contribution in [0.15, 0.2) is 0 Å². The molecule has 2 amide bonds. The predicted molar refractivity (Wildman–Crippen MR) is 58.7 cm³/mol. The summed E-state index contributed by atoms with van der Waals surface area (Å²) in [5.74, 6) is 0.508. The minimum atomic E-state index is -0.520. The lowest BCUT2D eigenvalue weighted by Gasteiger charge is -2.10. The van der Waals surface area contributed by atoms with Gasteiger partial charge in [-0.15, -0.1) is 0 Å². The smallest absolute Gasteiger partial charge is 0.314 e. The van der Waals surface area contributed by atoms with Crippen molar-refractivity contribution in [1.82, 2.24) is 10.6 Å². The van der Waals surface area contributed by atoms with Crippen LogP contribution in [-0.4, -0.2) is 43.5 Å². The number of rotatable bonds is 7. The molecule has 0 aliphatic heterocycles. The Bertz CT molecular complexity index is 172. The highest BCUT2D eigenvalue weighted by atomic mass is 16.5. The topological polar surface area (TPSA) is 70.6 Å². The lowest BCUT2D eigenvalue weighted by atomic mass is 10.2. The maximum absolute atomic E-state index is 11.1. The maximum Gasteiger partial charge on any atom is 0.314 e. The summed E-state index contributed by atoms with van der Waals surface area (Å²) in [6.07, 6.45) is -0.520. The van der Waals surface area contributed by atoms with E-state index in [4.69, 9.17) is 9.84 Å². The van der Waals surface area contributed by atoms with Crippen LogP contribution in [0.4, 0.5) is 4.79 Å². The first-order valence-electron chi connectivity index (χ1n) is 5.30.